The van der Waals surface area contributed by atoms with Crippen molar-refractivity contribution in [3.8, 4) is 5.69 Å². The second kappa shape index (κ2) is 4.47. The van der Waals surface area contributed by atoms with Gasteiger partial charge in [0.25, 0.3) is 0 Å². The fourth-order valence-corrected chi connectivity index (χ4v) is 2.64. The number of hydrogen-bond donors (Lipinski definition) is 1. The molecule has 0 unspecified atom stereocenters. The first-order valence-electron chi connectivity index (χ1n) is 6.57. The Morgan fingerprint density at radius 3 is 2.26 bits per heavy atom. The van der Waals surface area contributed by atoms with Gasteiger partial charge in [0.05, 0.1) is 5.52 Å². The maximum atomic E-state index is 3.15. The van der Waals surface area contributed by atoms with Crippen LogP contribution in [0, 0.1) is 13.8 Å². The Labute approximate surface area is 113 Å². The summed E-state index contributed by atoms with van der Waals surface area (Å²) in [6, 6.07) is 17.1. The minimum absolute atomic E-state index is 1.13. The topological polar surface area (TPSA) is 17.0 Å². The van der Waals surface area contributed by atoms with Crippen LogP contribution in [0.3, 0.4) is 0 Å². The quantitative estimate of drug-likeness (QED) is 0.718. The summed E-state index contributed by atoms with van der Waals surface area (Å²) in [6.07, 6.45) is 0. The van der Waals surface area contributed by atoms with Gasteiger partial charge in [-0.1, -0.05) is 18.2 Å². The number of nitrogens with one attached hydrogen (secondary N) is 1. The van der Waals surface area contributed by atoms with Crippen LogP contribution < -0.4 is 5.32 Å². The lowest BCUT2D eigenvalue weighted by Crippen LogP contribution is -1.97. The average molecular weight is 250 g/mol. The lowest BCUT2D eigenvalue weighted by Gasteiger charge is -2.09. The summed E-state index contributed by atoms with van der Waals surface area (Å²) in [7, 11) is 1.94. The first-order valence-corrected chi connectivity index (χ1v) is 6.57. The molecular formula is C17H18N2. The van der Waals surface area contributed by atoms with E-state index < -0.39 is 0 Å². The zero-order chi connectivity index (χ0) is 13.4. The SMILES string of the molecule is CNc1ccc(-n2c(C)c(C)c3ccccc32)cc1. The van der Waals surface area contributed by atoms with E-state index in [0.29, 0.717) is 0 Å². The monoisotopic (exact) mass is 250 g/mol. The second-order valence-corrected chi connectivity index (χ2v) is 4.86. The first-order chi connectivity index (χ1) is 9.22. The standard InChI is InChI=1S/C17H18N2/c1-12-13(2)19(17-7-5-4-6-16(12)17)15-10-8-14(18-3)9-11-15/h4-11,18H,1-3H3. The Hall–Kier alpha value is -2.22. The van der Waals surface area contributed by atoms with E-state index in [-0.39, 0.29) is 0 Å². The molecule has 96 valence electrons. The summed E-state index contributed by atoms with van der Waals surface area (Å²) >= 11 is 0. The van der Waals surface area contributed by atoms with Gasteiger partial charge in [-0.25, -0.2) is 0 Å². The largest absolute Gasteiger partial charge is 0.388 e. The molecule has 2 nitrogen and oxygen atoms in total. The Morgan fingerprint density at radius 1 is 0.895 bits per heavy atom. The van der Waals surface area contributed by atoms with E-state index in [0.717, 1.165) is 5.69 Å². The summed E-state index contributed by atoms with van der Waals surface area (Å²) in [5.74, 6) is 0. The van der Waals surface area contributed by atoms with Gasteiger partial charge in [0.15, 0.2) is 0 Å². The third kappa shape index (κ3) is 1.80. The molecule has 0 aliphatic heterocycles. The molecule has 2 heteroatoms. The van der Waals surface area contributed by atoms with Gasteiger partial charge in [-0.2, -0.15) is 0 Å². The third-order valence-electron chi connectivity index (χ3n) is 3.84. The molecule has 2 aromatic carbocycles. The van der Waals surface area contributed by atoms with Crippen LogP contribution in [-0.2, 0) is 0 Å². The van der Waals surface area contributed by atoms with Crippen molar-refractivity contribution in [1.82, 2.24) is 4.57 Å². The zero-order valence-electron chi connectivity index (χ0n) is 11.6. The van der Waals surface area contributed by atoms with E-state index in [4.69, 9.17) is 0 Å². The minimum atomic E-state index is 1.13. The predicted molar refractivity (Wildman–Crippen MR) is 82.3 cm³/mol. The molecule has 0 saturated carbocycles. The Bertz CT molecular complexity index is 721. The normalized spacial score (nSPS) is 10.9. The van der Waals surface area contributed by atoms with Gasteiger partial charge in [-0.3, -0.25) is 0 Å². The Morgan fingerprint density at radius 2 is 1.58 bits per heavy atom. The number of hydrogen-bond acceptors (Lipinski definition) is 1. The van der Waals surface area contributed by atoms with Gasteiger partial charge >= 0.3 is 0 Å². The highest BCUT2D eigenvalue weighted by Gasteiger charge is 2.11. The molecule has 3 aromatic rings. The van der Waals surface area contributed by atoms with Crippen LogP contribution >= 0.6 is 0 Å². The first kappa shape index (κ1) is 11.8. The van der Waals surface area contributed by atoms with Crippen LogP contribution in [0.4, 0.5) is 5.69 Å². The summed E-state index contributed by atoms with van der Waals surface area (Å²) in [5.41, 5.74) is 6.27. The maximum absolute atomic E-state index is 3.15. The Balaban J connectivity index is 2.26. The average Bonchev–Trinajstić information content (AvgIpc) is 2.72. The number of aromatic nitrogens is 1. The zero-order valence-corrected chi connectivity index (χ0v) is 11.6. The van der Waals surface area contributed by atoms with E-state index in [9.17, 15) is 0 Å². The van der Waals surface area contributed by atoms with Crippen LogP contribution in [0.2, 0.25) is 0 Å². The highest BCUT2D eigenvalue weighted by atomic mass is 15.0. The minimum Gasteiger partial charge on any atom is -0.388 e. The van der Waals surface area contributed by atoms with E-state index in [2.05, 4.69) is 72.3 Å². The molecule has 3 rings (SSSR count). The van der Waals surface area contributed by atoms with Crippen molar-refractivity contribution in [3.05, 3.63) is 59.8 Å². The fraction of sp³-hybridized carbons (Fsp3) is 0.176. The number of nitrogens with zero attached hydrogens (tertiary/aromatic N) is 1. The van der Waals surface area contributed by atoms with E-state index in [1.54, 1.807) is 0 Å². The lowest BCUT2D eigenvalue weighted by atomic mass is 10.2. The lowest BCUT2D eigenvalue weighted by molar-refractivity contribution is 1.04. The van der Waals surface area contributed by atoms with E-state index >= 15 is 0 Å². The van der Waals surface area contributed by atoms with E-state index in [1.165, 1.54) is 27.8 Å². The molecule has 0 bridgehead atoms. The fourth-order valence-electron chi connectivity index (χ4n) is 2.64. The van der Waals surface area contributed by atoms with Gasteiger partial charge in [-0.15, -0.1) is 0 Å². The molecule has 1 N–H and O–H groups in total. The van der Waals surface area contributed by atoms with Gasteiger partial charge in [0.1, 0.15) is 0 Å². The number of anilines is 1. The van der Waals surface area contributed by atoms with Gasteiger partial charge in [0, 0.05) is 29.5 Å². The summed E-state index contributed by atoms with van der Waals surface area (Å²) < 4.78 is 2.32. The summed E-state index contributed by atoms with van der Waals surface area (Å²) in [4.78, 5) is 0. The number of benzene rings is 2. The van der Waals surface area contributed by atoms with Crippen LogP contribution in [0.25, 0.3) is 16.6 Å². The van der Waals surface area contributed by atoms with Crippen molar-refractivity contribution in [2.75, 3.05) is 12.4 Å². The number of rotatable bonds is 2. The van der Waals surface area contributed by atoms with Crippen molar-refractivity contribution in [2.24, 2.45) is 0 Å². The van der Waals surface area contributed by atoms with Crippen molar-refractivity contribution in [3.63, 3.8) is 0 Å². The molecule has 0 radical (unpaired) electrons. The molecule has 1 aromatic heterocycles. The van der Waals surface area contributed by atoms with Crippen molar-refractivity contribution in [1.29, 1.82) is 0 Å². The summed E-state index contributed by atoms with van der Waals surface area (Å²) in [6.45, 7) is 4.37. The van der Waals surface area contributed by atoms with Crippen molar-refractivity contribution < 1.29 is 0 Å². The molecule has 0 aliphatic rings. The van der Waals surface area contributed by atoms with Crippen LogP contribution in [0.5, 0.6) is 0 Å². The predicted octanol–water partition coefficient (Wildman–Crippen LogP) is 4.29. The third-order valence-corrected chi connectivity index (χ3v) is 3.84. The van der Waals surface area contributed by atoms with Crippen molar-refractivity contribution >= 4 is 16.6 Å². The van der Waals surface area contributed by atoms with Crippen LogP contribution in [-0.4, -0.2) is 11.6 Å². The van der Waals surface area contributed by atoms with Gasteiger partial charge in [0.2, 0.25) is 0 Å². The van der Waals surface area contributed by atoms with Crippen molar-refractivity contribution in [2.45, 2.75) is 13.8 Å². The number of aryl methyl sites for hydroxylation is 1. The molecule has 0 atom stereocenters. The summed E-state index contributed by atoms with van der Waals surface area (Å²) in [5, 5.41) is 4.48. The maximum Gasteiger partial charge on any atom is 0.0534 e. The molecule has 0 fully saturated rings. The van der Waals surface area contributed by atoms with E-state index in [1.807, 2.05) is 7.05 Å². The molecule has 0 aliphatic carbocycles. The van der Waals surface area contributed by atoms with Crippen LogP contribution in [0.15, 0.2) is 48.5 Å². The smallest absolute Gasteiger partial charge is 0.0534 e. The highest BCUT2D eigenvalue weighted by molar-refractivity contribution is 5.87. The molecular weight excluding hydrogens is 232 g/mol. The number of para-hydroxylation sites is 1. The van der Waals surface area contributed by atoms with Gasteiger partial charge < -0.3 is 9.88 Å². The highest BCUT2D eigenvalue weighted by Crippen LogP contribution is 2.28. The molecule has 0 spiro atoms. The van der Waals surface area contributed by atoms with Crippen LogP contribution in [0.1, 0.15) is 11.3 Å². The molecule has 1 heterocycles. The Kier molecular flexibility index (Phi) is 2.79. The second-order valence-electron chi connectivity index (χ2n) is 4.86. The van der Waals surface area contributed by atoms with Gasteiger partial charge in [-0.05, 0) is 49.7 Å². The number of fused-ring (bicyclic) bond motifs is 1. The molecule has 19 heavy (non-hydrogen) atoms. The molecule has 0 amide bonds. The molecule has 0 saturated heterocycles.